The zero-order valence-electron chi connectivity index (χ0n) is 23.6. The Balaban J connectivity index is 0.00000121. The topological polar surface area (TPSA) is 93.0 Å². The lowest BCUT2D eigenvalue weighted by Gasteiger charge is -2.30. The van der Waals surface area contributed by atoms with Crippen LogP contribution >= 0.6 is 11.6 Å². The van der Waals surface area contributed by atoms with Gasteiger partial charge < -0.3 is 10.2 Å². The Hall–Kier alpha value is -3.26. The van der Waals surface area contributed by atoms with Gasteiger partial charge in [0.25, 0.3) is 0 Å². The van der Waals surface area contributed by atoms with Crippen LogP contribution in [0.2, 0.25) is 5.02 Å². The van der Waals surface area contributed by atoms with Crippen LogP contribution in [-0.4, -0.2) is 49.3 Å². The molecule has 3 heterocycles. The number of hydrogen-bond acceptors (Lipinski definition) is 5. The van der Waals surface area contributed by atoms with E-state index in [1.807, 2.05) is 72.7 Å². The van der Waals surface area contributed by atoms with E-state index < -0.39 is 12.1 Å². The molecule has 206 valence electrons. The first kappa shape index (κ1) is 31.0. The standard InChI is InChI=1S/C25H29ClN6O2.2C2H6/c1-16(2)23(32-14-12-28-30-32)25(34)31-13-4-5-22(31)24(33)29-17(3)18-6-8-19(9-7-18)20-15-27-11-10-21(20)26;2*1-2/h6-12,14-17,22-23H,4-5,13H2,1-3H3,(H,29,33);2*1-2H3. The molecule has 2 aromatic heterocycles. The molecule has 1 fully saturated rings. The maximum Gasteiger partial charge on any atom is 0.248 e. The van der Waals surface area contributed by atoms with Crippen molar-refractivity contribution in [1.82, 2.24) is 30.2 Å². The molecule has 8 nitrogen and oxygen atoms in total. The Morgan fingerprint density at radius 2 is 1.71 bits per heavy atom. The van der Waals surface area contributed by atoms with E-state index in [0.29, 0.717) is 18.0 Å². The fourth-order valence-corrected chi connectivity index (χ4v) is 4.69. The molecular weight excluding hydrogens is 500 g/mol. The highest BCUT2D eigenvalue weighted by atomic mass is 35.5. The van der Waals surface area contributed by atoms with Gasteiger partial charge in [0.2, 0.25) is 11.8 Å². The smallest absolute Gasteiger partial charge is 0.248 e. The van der Waals surface area contributed by atoms with Crippen molar-refractivity contribution in [3.05, 3.63) is 65.7 Å². The molecule has 1 aromatic carbocycles. The molecule has 0 bridgehead atoms. The molecule has 1 saturated heterocycles. The lowest BCUT2D eigenvalue weighted by Crippen LogP contribution is -2.49. The summed E-state index contributed by atoms with van der Waals surface area (Å²) in [4.78, 5) is 32.4. The van der Waals surface area contributed by atoms with Crippen LogP contribution in [0.25, 0.3) is 11.1 Å². The summed E-state index contributed by atoms with van der Waals surface area (Å²) < 4.78 is 1.58. The van der Waals surface area contributed by atoms with Crippen LogP contribution in [0.4, 0.5) is 0 Å². The fraction of sp³-hybridized carbons (Fsp3) is 0.483. The maximum absolute atomic E-state index is 13.4. The van der Waals surface area contributed by atoms with Gasteiger partial charge in [0.1, 0.15) is 12.1 Å². The molecule has 3 unspecified atom stereocenters. The van der Waals surface area contributed by atoms with E-state index in [0.717, 1.165) is 23.1 Å². The molecule has 1 aliphatic heterocycles. The van der Waals surface area contributed by atoms with Crippen molar-refractivity contribution >= 4 is 23.4 Å². The summed E-state index contributed by atoms with van der Waals surface area (Å²) in [5.41, 5.74) is 2.79. The molecule has 1 N–H and O–H groups in total. The van der Waals surface area contributed by atoms with Gasteiger partial charge in [-0.3, -0.25) is 14.6 Å². The number of hydrogen-bond donors (Lipinski definition) is 1. The Morgan fingerprint density at radius 3 is 2.29 bits per heavy atom. The summed E-state index contributed by atoms with van der Waals surface area (Å²) in [7, 11) is 0. The van der Waals surface area contributed by atoms with Gasteiger partial charge in [0.15, 0.2) is 0 Å². The molecule has 0 spiro atoms. The van der Waals surface area contributed by atoms with Crippen molar-refractivity contribution in [2.45, 2.75) is 79.4 Å². The van der Waals surface area contributed by atoms with E-state index >= 15 is 0 Å². The molecular formula is C29H41ClN6O2. The second kappa shape index (κ2) is 15.2. The Labute approximate surface area is 231 Å². The van der Waals surface area contributed by atoms with Crippen molar-refractivity contribution in [2.75, 3.05) is 6.54 Å². The van der Waals surface area contributed by atoms with Gasteiger partial charge in [-0.05, 0) is 42.9 Å². The first-order chi connectivity index (χ1) is 18.4. The average molecular weight is 541 g/mol. The molecule has 3 atom stereocenters. The minimum atomic E-state index is -0.492. The minimum absolute atomic E-state index is 0.0178. The zero-order valence-corrected chi connectivity index (χ0v) is 24.3. The molecule has 2 amide bonds. The Kier molecular flexibility index (Phi) is 12.4. The van der Waals surface area contributed by atoms with Gasteiger partial charge in [-0.2, -0.15) is 0 Å². The number of nitrogens with zero attached hydrogens (tertiary/aromatic N) is 5. The predicted molar refractivity (Wildman–Crippen MR) is 153 cm³/mol. The lowest BCUT2D eigenvalue weighted by molar-refractivity contribution is -0.142. The van der Waals surface area contributed by atoms with Crippen molar-refractivity contribution in [3.63, 3.8) is 0 Å². The maximum atomic E-state index is 13.4. The first-order valence-electron chi connectivity index (χ1n) is 13.5. The number of amides is 2. The van der Waals surface area contributed by atoms with Crippen LogP contribution in [-0.2, 0) is 9.59 Å². The van der Waals surface area contributed by atoms with Crippen LogP contribution in [0.15, 0.2) is 55.1 Å². The van der Waals surface area contributed by atoms with E-state index in [4.69, 9.17) is 11.6 Å². The predicted octanol–water partition coefficient (Wildman–Crippen LogP) is 6.11. The summed E-state index contributed by atoms with van der Waals surface area (Å²) in [5.74, 6) is -0.216. The molecule has 4 rings (SSSR count). The number of pyridine rings is 1. The van der Waals surface area contributed by atoms with Gasteiger partial charge in [-0.1, -0.05) is 82.6 Å². The zero-order chi connectivity index (χ0) is 28.2. The molecule has 3 aromatic rings. The van der Waals surface area contributed by atoms with Gasteiger partial charge in [0.05, 0.1) is 17.3 Å². The summed E-state index contributed by atoms with van der Waals surface area (Å²) >= 11 is 6.28. The summed E-state index contributed by atoms with van der Waals surface area (Å²) in [6.07, 6.45) is 8.08. The van der Waals surface area contributed by atoms with Crippen LogP contribution < -0.4 is 5.32 Å². The third kappa shape index (κ3) is 7.40. The molecule has 1 aliphatic rings. The fourth-order valence-electron chi connectivity index (χ4n) is 4.48. The summed E-state index contributed by atoms with van der Waals surface area (Å²) in [5, 5.41) is 11.6. The van der Waals surface area contributed by atoms with E-state index in [1.165, 1.54) is 0 Å². The third-order valence-electron chi connectivity index (χ3n) is 6.30. The number of likely N-dealkylation sites (tertiary alicyclic amines) is 1. The summed E-state index contributed by atoms with van der Waals surface area (Å²) in [6, 6.07) is 8.46. The number of benzene rings is 1. The number of carbonyl (C=O) groups excluding carboxylic acids is 2. The largest absolute Gasteiger partial charge is 0.348 e. The van der Waals surface area contributed by atoms with Crippen LogP contribution in [0.3, 0.4) is 0 Å². The lowest BCUT2D eigenvalue weighted by atomic mass is 10.0. The monoisotopic (exact) mass is 540 g/mol. The van der Waals surface area contributed by atoms with Crippen LogP contribution in [0, 0.1) is 5.92 Å². The molecule has 38 heavy (non-hydrogen) atoms. The van der Waals surface area contributed by atoms with E-state index in [1.54, 1.807) is 40.4 Å². The normalized spacial score (nSPS) is 16.0. The molecule has 9 heteroatoms. The number of aromatic nitrogens is 4. The van der Waals surface area contributed by atoms with E-state index in [-0.39, 0.29) is 23.8 Å². The second-order valence-corrected chi connectivity index (χ2v) is 9.38. The number of rotatable bonds is 7. The molecule has 0 aliphatic carbocycles. The number of carbonyl (C=O) groups is 2. The van der Waals surface area contributed by atoms with Crippen LogP contribution in [0.1, 0.15) is 79.0 Å². The molecule has 0 radical (unpaired) electrons. The van der Waals surface area contributed by atoms with E-state index in [2.05, 4.69) is 20.6 Å². The van der Waals surface area contributed by atoms with Crippen molar-refractivity contribution in [2.24, 2.45) is 5.92 Å². The van der Waals surface area contributed by atoms with Crippen molar-refractivity contribution < 1.29 is 9.59 Å². The van der Waals surface area contributed by atoms with Gasteiger partial charge in [0, 0.05) is 30.7 Å². The van der Waals surface area contributed by atoms with Gasteiger partial charge in [-0.25, -0.2) is 4.68 Å². The van der Waals surface area contributed by atoms with E-state index in [9.17, 15) is 9.59 Å². The van der Waals surface area contributed by atoms with Crippen molar-refractivity contribution in [3.8, 4) is 11.1 Å². The highest BCUT2D eigenvalue weighted by molar-refractivity contribution is 6.33. The highest BCUT2D eigenvalue weighted by Crippen LogP contribution is 2.29. The third-order valence-corrected chi connectivity index (χ3v) is 6.63. The minimum Gasteiger partial charge on any atom is -0.348 e. The average Bonchev–Trinajstić information content (AvgIpc) is 3.64. The highest BCUT2D eigenvalue weighted by Gasteiger charge is 2.39. The Bertz CT molecular complexity index is 1130. The SMILES string of the molecule is CC.CC.CC(NC(=O)C1CCCN1C(=O)C(C(C)C)n1ccnn1)c1ccc(-c2cnccc2Cl)cc1. The Morgan fingerprint density at radius 1 is 1.03 bits per heavy atom. The summed E-state index contributed by atoms with van der Waals surface area (Å²) in [6.45, 7) is 14.4. The number of nitrogens with one attached hydrogen (secondary N) is 1. The van der Waals surface area contributed by atoms with Gasteiger partial charge in [-0.15, -0.1) is 5.10 Å². The molecule has 0 saturated carbocycles. The first-order valence-corrected chi connectivity index (χ1v) is 13.9. The number of halogens is 1. The van der Waals surface area contributed by atoms with Crippen molar-refractivity contribution in [1.29, 1.82) is 0 Å². The van der Waals surface area contributed by atoms with Crippen LogP contribution in [0.5, 0.6) is 0 Å². The second-order valence-electron chi connectivity index (χ2n) is 8.97. The van der Waals surface area contributed by atoms with Gasteiger partial charge >= 0.3 is 0 Å². The quantitative estimate of drug-likeness (QED) is 0.390.